The Hall–Kier alpha value is -5.64. The van der Waals surface area contributed by atoms with Crippen LogP contribution in [0.4, 0.5) is 0 Å². The summed E-state index contributed by atoms with van der Waals surface area (Å²) in [4.78, 5) is 13.5. The van der Waals surface area contributed by atoms with Crippen molar-refractivity contribution in [3.63, 3.8) is 0 Å². The van der Waals surface area contributed by atoms with Crippen LogP contribution in [0.5, 0.6) is 0 Å². The number of hydrogen-bond acceptors (Lipinski definition) is 17. The molecule has 23 heteroatoms. The van der Waals surface area contributed by atoms with Crippen LogP contribution >= 0.6 is 0 Å². The first-order chi connectivity index (χ1) is 62.2. The summed E-state index contributed by atoms with van der Waals surface area (Å²) in [5.41, 5.74) is 1.20. The maximum Gasteiger partial charge on any atom is 0.416 e. The molecule has 0 bridgehead atoms. The van der Waals surface area contributed by atoms with Gasteiger partial charge < -0.3 is 4.42 Å². The van der Waals surface area contributed by atoms with E-state index in [1.165, 1.54) is 449 Å². The molecule has 6 aromatic heterocycles. The molecule has 0 radical (unpaired) electrons. The van der Waals surface area contributed by atoms with Gasteiger partial charge in [-0.25, -0.2) is 4.79 Å². The zero-order valence-corrected chi connectivity index (χ0v) is 85.7. The van der Waals surface area contributed by atoms with Crippen molar-refractivity contribution >= 4 is 0 Å². The number of nitrogens with one attached hydrogen (secondary N) is 6. The molecule has 23 nitrogen and oxygen atoms in total. The molecule has 127 heavy (non-hydrogen) atoms. The van der Waals surface area contributed by atoms with E-state index < -0.39 is 0 Å². The van der Waals surface area contributed by atoms with E-state index in [1.807, 2.05) is 0 Å². The molecule has 6 N–H and O–H groups in total. The first kappa shape index (κ1) is 119. The average molecular weight is 1780 g/mol. The van der Waals surface area contributed by atoms with E-state index in [-0.39, 0.29) is 22.0 Å². The van der Waals surface area contributed by atoms with Crippen molar-refractivity contribution in [3.8, 4) is 0 Å². The number of tetrazole rings is 5. The Bertz CT molecular complexity index is 3080. The number of hydrogen-bond donors (Lipinski definition) is 6. The minimum atomic E-state index is -0.334. The Balaban J connectivity index is 0.000000762. The molecule has 0 spiro atoms. The SMILES string of the molecule is CCCCCCCCCCCCCC(C)(C)c1nn[nH]n1.CCCCCCCCCCCCCC(C)(CC)c1nn[nH]n1.CCCCCCCCCCCCCC(C)c1nn[nH]n1.CCCCCCCCCCCCCC(CC)(CC)c1nn[nH]n1.CCCCCCCCCCCCCC(CC)c1nn[nH]n1.CCCCCCCCCCCCCCc1coc(=O)[nH]1. The number of oxazole rings is 1. The first-order valence-electron chi connectivity index (χ1n) is 54.6. The van der Waals surface area contributed by atoms with Crippen LogP contribution in [0.25, 0.3) is 0 Å². The highest BCUT2D eigenvalue weighted by molar-refractivity contribution is 5.04. The van der Waals surface area contributed by atoms with Gasteiger partial charge in [0.2, 0.25) is 0 Å². The van der Waals surface area contributed by atoms with Crippen LogP contribution in [-0.2, 0) is 22.7 Å². The summed E-state index contributed by atoms with van der Waals surface area (Å²) < 4.78 is 4.71. The highest BCUT2D eigenvalue weighted by atomic mass is 16.4. The molecule has 738 valence electrons. The van der Waals surface area contributed by atoms with Crippen molar-refractivity contribution < 1.29 is 4.42 Å². The Morgan fingerprint density at radius 3 is 0.874 bits per heavy atom. The van der Waals surface area contributed by atoms with Gasteiger partial charge in [-0.2, -0.15) is 26.1 Å². The van der Waals surface area contributed by atoms with Gasteiger partial charge in [0.25, 0.3) is 0 Å². The monoisotopic (exact) mass is 1780 g/mol. The van der Waals surface area contributed by atoms with Gasteiger partial charge in [0.1, 0.15) is 6.26 Å². The maximum atomic E-state index is 10.8. The fraction of sp³-hybridized carbons (Fsp3) is 0.923. The predicted octanol–water partition coefficient (Wildman–Crippen LogP) is 32.3. The lowest BCUT2D eigenvalue weighted by atomic mass is 9.77. The number of rotatable bonds is 82. The van der Waals surface area contributed by atoms with Crippen LogP contribution in [0.3, 0.4) is 0 Å². The highest BCUT2D eigenvalue weighted by Gasteiger charge is 2.33. The second-order valence-electron chi connectivity index (χ2n) is 38.9. The van der Waals surface area contributed by atoms with Crippen molar-refractivity contribution in [3.05, 3.63) is 51.6 Å². The van der Waals surface area contributed by atoms with Crippen molar-refractivity contribution in [1.29, 1.82) is 0 Å². The quantitative estimate of drug-likeness (QED) is 0.0193. The molecule has 0 saturated heterocycles. The standard InChI is InChI=1S/C19H38N4.C18H36N4.2C17H34N4.C17H31NO2.C16H32N4/c1-4-7-8-9-10-11-12-13-14-15-16-17-19(5-2,6-3)18-20-22-23-21-18;1-4-6-7-8-9-10-11-12-13-14-15-16-18(3,5-2)17-19-21-22-20-17;1-4-5-6-7-8-9-10-11-12-13-14-15-17(2,3)16-18-20-21-19-16;1-3-5-6-7-8-9-10-11-12-13-14-15-16(4-2)17-18-20-21-19-17;1-2-3-4-5-6-7-8-9-10-11-12-13-14-16-15-20-17(19)18-16;1-3-4-5-6-7-8-9-10-11-12-13-14-15(2)16-17-19-20-18-16/h4-17H2,1-3H3,(H,20,21,22,23);4-16H2,1-3H3,(H,19,20,21,22);4-15H2,1-3H3,(H,18,19,20,21);16H,3-15H2,1-2H3,(H,18,19,20,21);15H,2-14H2,1H3,(H,18,19);15H,3-14H2,1-2H3,(H,17,18,19,20). The molecule has 0 aliphatic heterocycles. The van der Waals surface area contributed by atoms with Crippen molar-refractivity contribution in [2.75, 3.05) is 0 Å². The third kappa shape index (κ3) is 68.1. The summed E-state index contributed by atoms with van der Waals surface area (Å²) in [6, 6.07) is 0. The van der Waals surface area contributed by atoms with Crippen LogP contribution in [0.1, 0.15) is 632 Å². The van der Waals surface area contributed by atoms with Crippen LogP contribution in [-0.4, -0.2) is 108 Å². The van der Waals surface area contributed by atoms with E-state index >= 15 is 0 Å². The Morgan fingerprint density at radius 2 is 0.575 bits per heavy atom. The maximum absolute atomic E-state index is 10.8. The van der Waals surface area contributed by atoms with E-state index in [1.54, 1.807) is 6.26 Å². The van der Waals surface area contributed by atoms with Gasteiger partial charge >= 0.3 is 5.76 Å². The van der Waals surface area contributed by atoms with Crippen molar-refractivity contribution in [1.82, 2.24) is 108 Å². The minimum absolute atomic E-state index is 0.0479. The van der Waals surface area contributed by atoms with E-state index in [0.717, 1.165) is 79.8 Å². The van der Waals surface area contributed by atoms with Gasteiger partial charge in [-0.3, -0.25) is 4.98 Å². The molecular formula is C104H205N21O2. The van der Waals surface area contributed by atoms with Gasteiger partial charge in [0.05, 0.1) is 5.69 Å². The lowest BCUT2D eigenvalue weighted by Gasteiger charge is -2.28. The van der Waals surface area contributed by atoms with Gasteiger partial charge in [0.15, 0.2) is 29.1 Å². The summed E-state index contributed by atoms with van der Waals surface area (Å²) in [5.74, 6) is 4.97. The molecule has 0 aromatic carbocycles. The van der Waals surface area contributed by atoms with E-state index in [4.69, 9.17) is 4.42 Å². The van der Waals surface area contributed by atoms with Crippen LogP contribution in [0.2, 0.25) is 0 Å². The summed E-state index contributed by atoms with van der Waals surface area (Å²) in [5, 5.41) is 72.6. The van der Waals surface area contributed by atoms with E-state index in [0.29, 0.717) is 11.8 Å². The molecule has 0 aliphatic carbocycles. The van der Waals surface area contributed by atoms with Gasteiger partial charge in [0, 0.05) is 28.1 Å². The average Bonchev–Trinajstić information content (AvgIpc) is 1.76. The number of nitrogens with zero attached hydrogens (tertiary/aromatic N) is 15. The summed E-state index contributed by atoms with van der Waals surface area (Å²) in [6.45, 7) is 31.4. The third-order valence-corrected chi connectivity index (χ3v) is 27.1. The summed E-state index contributed by atoms with van der Waals surface area (Å²) >= 11 is 0. The van der Waals surface area contributed by atoms with Crippen LogP contribution in [0.15, 0.2) is 15.5 Å². The van der Waals surface area contributed by atoms with Crippen molar-refractivity contribution in [2.45, 2.75) is 619 Å². The first-order valence-corrected chi connectivity index (χ1v) is 54.6. The summed E-state index contributed by atoms with van der Waals surface area (Å²) in [7, 11) is 0. The molecule has 6 rings (SSSR count). The molecule has 0 aliphatic rings. The zero-order valence-electron chi connectivity index (χ0n) is 85.7. The normalized spacial score (nSPS) is 12.4. The Morgan fingerprint density at radius 1 is 0.291 bits per heavy atom. The second-order valence-corrected chi connectivity index (χ2v) is 38.9. The molecule has 6 heterocycles. The molecule has 3 unspecified atom stereocenters. The lowest BCUT2D eigenvalue weighted by molar-refractivity contribution is 0.329. The van der Waals surface area contributed by atoms with E-state index in [2.05, 4.69) is 205 Å². The van der Waals surface area contributed by atoms with Gasteiger partial charge in [-0.1, -0.05) is 547 Å². The van der Waals surface area contributed by atoms with Crippen LogP contribution in [0, 0.1) is 0 Å². The van der Waals surface area contributed by atoms with E-state index in [9.17, 15) is 4.79 Å². The van der Waals surface area contributed by atoms with Gasteiger partial charge in [-0.15, -0.1) is 51.0 Å². The molecule has 6 aromatic rings. The number of aromatic nitrogens is 21. The Kier molecular flexibility index (Phi) is 83.0. The highest BCUT2D eigenvalue weighted by Crippen LogP contribution is 2.36. The Labute approximate surface area is 779 Å². The summed E-state index contributed by atoms with van der Waals surface area (Å²) in [6.07, 6.45) is 106. The minimum Gasteiger partial charge on any atom is -0.416 e. The third-order valence-electron chi connectivity index (χ3n) is 27.1. The lowest BCUT2D eigenvalue weighted by Crippen LogP contribution is -2.26. The number of aryl methyl sites for hydroxylation is 1. The van der Waals surface area contributed by atoms with Crippen molar-refractivity contribution in [2.24, 2.45) is 0 Å². The molecule has 0 saturated carbocycles. The predicted molar refractivity (Wildman–Crippen MR) is 535 cm³/mol. The molecule has 0 amide bonds. The molecule has 3 atom stereocenters. The second kappa shape index (κ2) is 88.3. The molecule has 0 fully saturated rings. The number of unbranched alkanes of at least 4 members (excludes halogenated alkanes) is 61. The fourth-order valence-electron chi connectivity index (χ4n) is 17.5. The number of H-pyrrole nitrogens is 6. The molecular weight excluding hydrogens is 1580 g/mol. The zero-order chi connectivity index (χ0) is 92.4. The smallest absolute Gasteiger partial charge is 0.416 e. The number of aromatic amines is 6. The van der Waals surface area contributed by atoms with Crippen LogP contribution < -0.4 is 5.76 Å². The largest absolute Gasteiger partial charge is 0.416 e. The topological polar surface area (TPSA) is 318 Å². The fourth-order valence-corrected chi connectivity index (χ4v) is 17.5. The van der Waals surface area contributed by atoms with Gasteiger partial charge in [-0.05, 0) is 70.6 Å².